The molecular weight excluding hydrogens is 299 g/mol. The largest absolute Gasteiger partial charge is 0.484 e. The van der Waals surface area contributed by atoms with Crippen LogP contribution in [0.25, 0.3) is 0 Å². The second-order valence-corrected chi connectivity index (χ2v) is 4.64. The highest BCUT2D eigenvalue weighted by Crippen LogP contribution is 2.29. The lowest BCUT2D eigenvalue weighted by atomic mass is 10.3. The number of aromatic nitrogens is 1. The molecule has 0 bridgehead atoms. The molecule has 2 aromatic rings. The predicted molar refractivity (Wildman–Crippen MR) is 70.0 cm³/mol. The number of halogens is 4. The molecule has 6 heteroatoms. The maximum atomic E-state index is 13.4. The summed E-state index contributed by atoms with van der Waals surface area (Å²) in [6.45, 7) is 0.0592. The molecule has 1 heterocycles. The molecule has 1 aromatic carbocycles. The Kier molecular flexibility index (Phi) is 4.27. The second kappa shape index (κ2) is 5.74. The molecule has 2 nitrogen and oxygen atoms in total. The molecule has 0 aliphatic rings. The fraction of sp³-hybridized carbons (Fsp3) is 0.0833. The summed E-state index contributed by atoms with van der Waals surface area (Å²) in [4.78, 5) is 3.87. The third kappa shape index (κ3) is 3.05. The van der Waals surface area contributed by atoms with Crippen LogP contribution in [-0.2, 0) is 6.61 Å². The fourth-order valence-electron chi connectivity index (χ4n) is 1.31. The third-order valence-corrected chi connectivity index (χ3v) is 3.04. The van der Waals surface area contributed by atoms with Crippen LogP contribution in [-0.4, -0.2) is 4.98 Å². The summed E-state index contributed by atoms with van der Waals surface area (Å²) in [5.41, 5.74) is 0.598. The van der Waals surface area contributed by atoms with Crippen molar-refractivity contribution in [3.8, 4) is 5.75 Å². The van der Waals surface area contributed by atoms with E-state index in [2.05, 4.69) is 4.98 Å². The summed E-state index contributed by atoms with van der Waals surface area (Å²) in [5, 5.41) is 0.892. The molecule has 0 aliphatic heterocycles. The number of benzene rings is 1. The van der Waals surface area contributed by atoms with Crippen LogP contribution in [0.4, 0.5) is 4.39 Å². The van der Waals surface area contributed by atoms with Crippen molar-refractivity contribution in [1.82, 2.24) is 4.98 Å². The Morgan fingerprint density at radius 2 is 1.94 bits per heavy atom. The first-order chi connectivity index (χ1) is 8.58. The molecular formula is C12H7Cl3FNO. The minimum atomic E-state index is -0.527. The minimum Gasteiger partial charge on any atom is -0.484 e. The molecule has 2 rings (SSSR count). The van der Waals surface area contributed by atoms with Gasteiger partial charge in [-0.05, 0) is 18.2 Å². The lowest BCUT2D eigenvalue weighted by molar-refractivity contribution is 0.290. The summed E-state index contributed by atoms with van der Waals surface area (Å²) in [5.74, 6) is -0.536. The highest BCUT2D eigenvalue weighted by molar-refractivity contribution is 6.34. The average Bonchev–Trinajstić information content (AvgIpc) is 2.31. The van der Waals surface area contributed by atoms with Gasteiger partial charge in [-0.3, -0.25) is 0 Å². The summed E-state index contributed by atoms with van der Waals surface area (Å²) in [7, 11) is 0. The van der Waals surface area contributed by atoms with E-state index in [-0.39, 0.29) is 22.5 Å². The summed E-state index contributed by atoms with van der Waals surface area (Å²) < 4.78 is 18.7. The van der Waals surface area contributed by atoms with E-state index in [1.807, 2.05) is 0 Å². The molecule has 0 N–H and O–H groups in total. The number of ether oxygens (including phenoxy) is 1. The molecule has 0 fully saturated rings. The molecule has 1 aromatic heterocycles. The van der Waals surface area contributed by atoms with Crippen LogP contribution in [0.3, 0.4) is 0 Å². The van der Waals surface area contributed by atoms with Gasteiger partial charge in [-0.15, -0.1) is 0 Å². The maximum absolute atomic E-state index is 13.4. The molecule has 0 amide bonds. The van der Waals surface area contributed by atoms with Crippen molar-refractivity contribution in [1.29, 1.82) is 0 Å². The SMILES string of the molecule is Fc1cccc(Cl)c1OCc1cnc(Cl)cc1Cl. The molecule has 0 saturated carbocycles. The molecule has 0 unspecified atom stereocenters. The first kappa shape index (κ1) is 13.4. The van der Waals surface area contributed by atoms with Crippen LogP contribution >= 0.6 is 34.8 Å². The molecule has 94 valence electrons. The summed E-state index contributed by atoms with van der Waals surface area (Å²) in [6, 6.07) is 5.80. The quantitative estimate of drug-likeness (QED) is 0.763. The van der Waals surface area contributed by atoms with Crippen molar-refractivity contribution in [2.45, 2.75) is 6.61 Å². The van der Waals surface area contributed by atoms with E-state index in [0.29, 0.717) is 10.6 Å². The van der Waals surface area contributed by atoms with Gasteiger partial charge in [-0.25, -0.2) is 9.37 Å². The highest BCUT2D eigenvalue weighted by atomic mass is 35.5. The topological polar surface area (TPSA) is 22.1 Å². The van der Waals surface area contributed by atoms with Crippen molar-refractivity contribution < 1.29 is 9.13 Å². The standard InChI is InChI=1S/C12H7Cl3FNO/c13-8-2-1-3-10(16)12(8)18-6-7-5-17-11(15)4-9(7)14/h1-5H,6H2. The van der Waals surface area contributed by atoms with E-state index >= 15 is 0 Å². The van der Waals surface area contributed by atoms with Gasteiger partial charge in [0.15, 0.2) is 11.6 Å². The van der Waals surface area contributed by atoms with Crippen molar-refractivity contribution in [2.24, 2.45) is 0 Å². The molecule has 0 saturated heterocycles. The van der Waals surface area contributed by atoms with E-state index in [4.69, 9.17) is 39.5 Å². The van der Waals surface area contributed by atoms with E-state index in [0.717, 1.165) is 0 Å². The van der Waals surface area contributed by atoms with Gasteiger partial charge < -0.3 is 4.74 Å². The molecule has 18 heavy (non-hydrogen) atoms. The van der Waals surface area contributed by atoms with E-state index in [1.165, 1.54) is 24.4 Å². The van der Waals surface area contributed by atoms with Gasteiger partial charge in [-0.1, -0.05) is 40.9 Å². The molecule has 0 atom stereocenters. The van der Waals surface area contributed by atoms with Crippen LogP contribution < -0.4 is 4.74 Å². The van der Waals surface area contributed by atoms with E-state index < -0.39 is 5.82 Å². The number of hydrogen-bond acceptors (Lipinski definition) is 2. The number of nitrogens with zero attached hydrogens (tertiary/aromatic N) is 1. The highest BCUT2D eigenvalue weighted by Gasteiger charge is 2.10. The number of pyridine rings is 1. The molecule has 0 spiro atoms. The van der Waals surface area contributed by atoms with Crippen LogP contribution in [0.1, 0.15) is 5.56 Å². The zero-order valence-electron chi connectivity index (χ0n) is 8.96. The average molecular weight is 307 g/mol. The predicted octanol–water partition coefficient (Wildman–Crippen LogP) is 4.76. The van der Waals surface area contributed by atoms with Gasteiger partial charge in [-0.2, -0.15) is 0 Å². The van der Waals surface area contributed by atoms with Crippen molar-refractivity contribution in [2.75, 3.05) is 0 Å². The minimum absolute atomic E-state index is 0.00909. The Labute approximate surface area is 118 Å². The van der Waals surface area contributed by atoms with Gasteiger partial charge >= 0.3 is 0 Å². The van der Waals surface area contributed by atoms with Crippen molar-refractivity contribution >= 4 is 34.8 Å². The summed E-state index contributed by atoms with van der Waals surface area (Å²) >= 11 is 17.4. The van der Waals surface area contributed by atoms with Crippen LogP contribution in [0.5, 0.6) is 5.75 Å². The molecule has 0 radical (unpaired) electrons. The van der Waals surface area contributed by atoms with Gasteiger partial charge in [0.25, 0.3) is 0 Å². The maximum Gasteiger partial charge on any atom is 0.174 e. The zero-order valence-corrected chi connectivity index (χ0v) is 11.2. The third-order valence-electron chi connectivity index (χ3n) is 2.19. The smallest absolute Gasteiger partial charge is 0.174 e. The van der Waals surface area contributed by atoms with Crippen LogP contribution in [0.15, 0.2) is 30.5 Å². The first-order valence-corrected chi connectivity index (χ1v) is 6.08. The first-order valence-electron chi connectivity index (χ1n) is 4.94. The second-order valence-electron chi connectivity index (χ2n) is 3.44. The Balaban J connectivity index is 2.16. The van der Waals surface area contributed by atoms with Gasteiger partial charge in [0, 0.05) is 11.8 Å². The van der Waals surface area contributed by atoms with Crippen molar-refractivity contribution in [3.63, 3.8) is 0 Å². The van der Waals surface area contributed by atoms with Gasteiger partial charge in [0.05, 0.1) is 10.0 Å². The van der Waals surface area contributed by atoms with Gasteiger partial charge in [0.2, 0.25) is 0 Å². The summed E-state index contributed by atoms with van der Waals surface area (Å²) in [6.07, 6.45) is 1.47. The van der Waals surface area contributed by atoms with Gasteiger partial charge in [0.1, 0.15) is 11.8 Å². The Bertz CT molecular complexity index is 557. The monoisotopic (exact) mass is 305 g/mol. The van der Waals surface area contributed by atoms with E-state index in [9.17, 15) is 4.39 Å². The van der Waals surface area contributed by atoms with Crippen LogP contribution in [0.2, 0.25) is 15.2 Å². The molecule has 0 aliphatic carbocycles. The fourth-order valence-corrected chi connectivity index (χ4v) is 1.95. The lowest BCUT2D eigenvalue weighted by Crippen LogP contribution is -1.99. The number of hydrogen-bond donors (Lipinski definition) is 0. The number of rotatable bonds is 3. The van der Waals surface area contributed by atoms with E-state index in [1.54, 1.807) is 6.07 Å². The zero-order chi connectivity index (χ0) is 13.1. The Hall–Kier alpha value is -1.03. The van der Waals surface area contributed by atoms with Crippen molar-refractivity contribution in [3.05, 3.63) is 57.0 Å². The lowest BCUT2D eigenvalue weighted by Gasteiger charge is -2.09. The normalized spacial score (nSPS) is 10.4. The Morgan fingerprint density at radius 3 is 2.61 bits per heavy atom. The number of para-hydroxylation sites is 1. The Morgan fingerprint density at radius 1 is 1.17 bits per heavy atom. The van der Waals surface area contributed by atoms with Crippen LogP contribution in [0, 0.1) is 5.82 Å².